The lowest BCUT2D eigenvalue weighted by atomic mass is 9.96. The molecule has 0 bridgehead atoms. The molecule has 0 aliphatic heterocycles. The summed E-state index contributed by atoms with van der Waals surface area (Å²) in [4.78, 5) is 10.8. The lowest BCUT2D eigenvalue weighted by Gasteiger charge is -2.24. The summed E-state index contributed by atoms with van der Waals surface area (Å²) in [5.74, 6) is 1.54. The van der Waals surface area contributed by atoms with Gasteiger partial charge in [-0.2, -0.15) is 0 Å². The Bertz CT molecular complexity index is 457. The number of rotatable bonds is 4. The molecule has 1 saturated carbocycles. The molecule has 4 atom stereocenters. The molecule has 1 aliphatic rings. The molecule has 4 heteroatoms. The van der Waals surface area contributed by atoms with Crippen LogP contribution in [0.1, 0.15) is 45.2 Å². The van der Waals surface area contributed by atoms with Gasteiger partial charge in [-0.05, 0) is 49.3 Å². The van der Waals surface area contributed by atoms with Gasteiger partial charge in [0.2, 0.25) is 0 Å². The lowest BCUT2D eigenvalue weighted by Crippen LogP contribution is -2.34. The third-order valence-electron chi connectivity index (χ3n) is 4.61. The van der Waals surface area contributed by atoms with Crippen LogP contribution in [0.25, 0.3) is 0 Å². The predicted molar refractivity (Wildman–Crippen MR) is 82.5 cm³/mol. The molecule has 20 heavy (non-hydrogen) atoms. The summed E-state index contributed by atoms with van der Waals surface area (Å²) >= 11 is 0. The van der Waals surface area contributed by atoms with Crippen LogP contribution in [-0.2, 0) is 0 Å². The predicted octanol–water partition coefficient (Wildman–Crippen LogP) is 3.26. The molecular formula is C16H25N3O. The topological polar surface area (TPSA) is 67.2 Å². The van der Waals surface area contributed by atoms with E-state index in [1.165, 1.54) is 18.4 Å². The van der Waals surface area contributed by atoms with E-state index in [4.69, 9.17) is 5.73 Å². The van der Waals surface area contributed by atoms with Crippen molar-refractivity contribution in [1.29, 1.82) is 0 Å². The van der Waals surface area contributed by atoms with Gasteiger partial charge in [0, 0.05) is 17.8 Å². The van der Waals surface area contributed by atoms with E-state index in [-0.39, 0.29) is 0 Å². The van der Waals surface area contributed by atoms with Crippen molar-refractivity contribution in [1.82, 2.24) is 5.32 Å². The van der Waals surface area contributed by atoms with Crippen LogP contribution in [-0.4, -0.2) is 12.1 Å². The van der Waals surface area contributed by atoms with E-state index >= 15 is 0 Å². The molecule has 2 rings (SSSR count). The van der Waals surface area contributed by atoms with E-state index < -0.39 is 6.03 Å². The minimum atomic E-state index is -0.530. The third kappa shape index (κ3) is 3.51. The van der Waals surface area contributed by atoms with E-state index in [0.29, 0.717) is 12.1 Å². The zero-order valence-electron chi connectivity index (χ0n) is 12.5. The highest BCUT2D eigenvalue weighted by Crippen LogP contribution is 2.32. The van der Waals surface area contributed by atoms with E-state index in [0.717, 1.165) is 17.5 Å². The Morgan fingerprint density at radius 3 is 2.40 bits per heavy atom. The highest BCUT2D eigenvalue weighted by atomic mass is 16.2. The normalized spacial score (nSPS) is 27.2. The SMILES string of the molecule is CC(NC1CCC(C)C1C)c1ccc(NC(N)=O)cc1. The molecule has 1 aliphatic carbocycles. The Labute approximate surface area is 121 Å². The molecule has 0 radical (unpaired) electrons. The molecule has 1 aromatic carbocycles. The van der Waals surface area contributed by atoms with Gasteiger partial charge in [0.15, 0.2) is 0 Å². The van der Waals surface area contributed by atoms with Crippen molar-refractivity contribution in [2.45, 2.75) is 45.7 Å². The highest BCUT2D eigenvalue weighted by molar-refractivity contribution is 5.87. The third-order valence-corrected chi connectivity index (χ3v) is 4.61. The number of hydrogen-bond donors (Lipinski definition) is 3. The molecule has 1 fully saturated rings. The van der Waals surface area contributed by atoms with Crippen LogP contribution in [0.2, 0.25) is 0 Å². The number of benzene rings is 1. The van der Waals surface area contributed by atoms with Gasteiger partial charge in [0.1, 0.15) is 0 Å². The second kappa shape index (κ2) is 6.27. The first-order valence-electron chi connectivity index (χ1n) is 7.40. The summed E-state index contributed by atoms with van der Waals surface area (Å²) in [6.45, 7) is 6.86. The van der Waals surface area contributed by atoms with Crippen LogP contribution in [0.3, 0.4) is 0 Å². The molecule has 1 aromatic rings. The molecule has 4 N–H and O–H groups in total. The van der Waals surface area contributed by atoms with Crippen molar-refractivity contribution in [3.63, 3.8) is 0 Å². The zero-order chi connectivity index (χ0) is 14.7. The Morgan fingerprint density at radius 1 is 1.25 bits per heavy atom. The van der Waals surface area contributed by atoms with Gasteiger partial charge in [-0.1, -0.05) is 26.0 Å². The summed E-state index contributed by atoms with van der Waals surface area (Å²) in [5, 5.41) is 6.30. The Balaban J connectivity index is 1.95. The maximum Gasteiger partial charge on any atom is 0.316 e. The molecule has 0 aromatic heterocycles. The number of carbonyl (C=O) groups is 1. The minimum Gasteiger partial charge on any atom is -0.351 e. The number of nitrogens with one attached hydrogen (secondary N) is 2. The fraction of sp³-hybridized carbons (Fsp3) is 0.562. The van der Waals surface area contributed by atoms with E-state index in [9.17, 15) is 4.79 Å². The van der Waals surface area contributed by atoms with Gasteiger partial charge in [0.05, 0.1) is 0 Å². The monoisotopic (exact) mass is 275 g/mol. The summed E-state index contributed by atoms with van der Waals surface area (Å²) in [6.07, 6.45) is 2.57. The summed E-state index contributed by atoms with van der Waals surface area (Å²) in [5.41, 5.74) is 7.06. The number of amides is 2. The van der Waals surface area contributed by atoms with Crippen LogP contribution in [0.15, 0.2) is 24.3 Å². The van der Waals surface area contributed by atoms with Gasteiger partial charge in [0.25, 0.3) is 0 Å². The average molecular weight is 275 g/mol. The van der Waals surface area contributed by atoms with Crippen molar-refractivity contribution < 1.29 is 4.79 Å². The van der Waals surface area contributed by atoms with Crippen LogP contribution in [0, 0.1) is 11.8 Å². The number of hydrogen-bond acceptors (Lipinski definition) is 2. The lowest BCUT2D eigenvalue weighted by molar-refractivity contribution is 0.259. The van der Waals surface area contributed by atoms with Crippen molar-refractivity contribution in [3.8, 4) is 0 Å². The second-order valence-electron chi connectivity index (χ2n) is 6.02. The van der Waals surface area contributed by atoms with Crippen LogP contribution >= 0.6 is 0 Å². The van der Waals surface area contributed by atoms with Crippen molar-refractivity contribution in [3.05, 3.63) is 29.8 Å². The van der Waals surface area contributed by atoms with Gasteiger partial charge < -0.3 is 16.4 Å². The average Bonchev–Trinajstić information content (AvgIpc) is 2.71. The number of anilines is 1. The maximum absolute atomic E-state index is 10.8. The zero-order valence-corrected chi connectivity index (χ0v) is 12.5. The molecule has 0 heterocycles. The first kappa shape index (κ1) is 14.9. The van der Waals surface area contributed by atoms with E-state index in [1.54, 1.807) is 0 Å². The Kier molecular flexibility index (Phi) is 4.65. The molecule has 0 saturated heterocycles. The van der Waals surface area contributed by atoms with Crippen LogP contribution < -0.4 is 16.4 Å². The van der Waals surface area contributed by atoms with Crippen LogP contribution in [0.4, 0.5) is 10.5 Å². The van der Waals surface area contributed by atoms with Crippen molar-refractivity contribution in [2.24, 2.45) is 17.6 Å². The summed E-state index contributed by atoms with van der Waals surface area (Å²) < 4.78 is 0. The Morgan fingerprint density at radius 2 is 1.90 bits per heavy atom. The first-order chi connectivity index (χ1) is 9.47. The quantitative estimate of drug-likeness (QED) is 0.789. The van der Waals surface area contributed by atoms with Gasteiger partial charge in [-0.25, -0.2) is 4.79 Å². The maximum atomic E-state index is 10.8. The summed E-state index contributed by atoms with van der Waals surface area (Å²) in [7, 11) is 0. The fourth-order valence-corrected chi connectivity index (χ4v) is 3.01. The first-order valence-corrected chi connectivity index (χ1v) is 7.40. The standard InChI is InChI=1S/C16H25N3O/c1-10-4-9-15(11(10)2)18-12(3)13-5-7-14(8-6-13)19-16(17)20/h5-8,10-12,15,18H,4,9H2,1-3H3,(H3,17,19,20). The van der Waals surface area contributed by atoms with Gasteiger partial charge in [-0.15, -0.1) is 0 Å². The van der Waals surface area contributed by atoms with Gasteiger partial charge >= 0.3 is 6.03 Å². The van der Waals surface area contributed by atoms with E-state index in [2.05, 4.69) is 31.4 Å². The molecular weight excluding hydrogens is 250 g/mol. The minimum absolute atomic E-state index is 0.315. The number of urea groups is 1. The smallest absolute Gasteiger partial charge is 0.316 e. The number of nitrogens with two attached hydrogens (primary N) is 1. The summed E-state index contributed by atoms with van der Waals surface area (Å²) in [6, 6.07) is 8.23. The molecule has 2 amide bonds. The highest BCUT2D eigenvalue weighted by Gasteiger charge is 2.30. The van der Waals surface area contributed by atoms with Crippen LogP contribution in [0.5, 0.6) is 0 Å². The van der Waals surface area contributed by atoms with E-state index in [1.807, 2.05) is 24.3 Å². The number of carbonyl (C=O) groups excluding carboxylic acids is 1. The molecule has 4 unspecified atom stereocenters. The molecule has 4 nitrogen and oxygen atoms in total. The molecule has 110 valence electrons. The fourth-order valence-electron chi connectivity index (χ4n) is 3.01. The van der Waals surface area contributed by atoms with Gasteiger partial charge in [-0.3, -0.25) is 0 Å². The Hall–Kier alpha value is -1.55. The second-order valence-corrected chi connectivity index (χ2v) is 6.02. The van der Waals surface area contributed by atoms with Crippen molar-refractivity contribution in [2.75, 3.05) is 5.32 Å². The van der Waals surface area contributed by atoms with Crippen molar-refractivity contribution >= 4 is 11.7 Å². The number of primary amides is 1. The largest absolute Gasteiger partial charge is 0.351 e. The molecule has 0 spiro atoms.